The SMILES string of the molecule is COC(=O)c1cccc(NC2CCC23CC(NC(=O)c2nc4c(C)cc(N5CC[C@](C)(c6ccccc6)C5)cn4n2)C3)n1. The average molecular weight is 580 g/mol. The Bertz CT molecular complexity index is 1700. The molecule has 2 aliphatic carbocycles. The van der Waals surface area contributed by atoms with Gasteiger partial charge in [0.2, 0.25) is 5.82 Å². The van der Waals surface area contributed by atoms with Crippen molar-refractivity contribution in [3.8, 4) is 0 Å². The Balaban J connectivity index is 0.986. The van der Waals surface area contributed by atoms with E-state index in [1.165, 1.54) is 12.7 Å². The zero-order chi connectivity index (χ0) is 29.8. The summed E-state index contributed by atoms with van der Waals surface area (Å²) in [4.78, 5) is 36.5. The van der Waals surface area contributed by atoms with Gasteiger partial charge < -0.3 is 20.3 Å². The highest BCUT2D eigenvalue weighted by molar-refractivity contribution is 5.91. The van der Waals surface area contributed by atoms with Crippen LogP contribution in [0, 0.1) is 12.3 Å². The number of carbonyl (C=O) groups excluding carboxylic acids is 2. The Labute approximate surface area is 250 Å². The molecular weight excluding hydrogens is 542 g/mol. The van der Waals surface area contributed by atoms with Gasteiger partial charge in [-0.1, -0.05) is 43.3 Å². The highest BCUT2D eigenvalue weighted by Crippen LogP contribution is 2.56. The van der Waals surface area contributed by atoms with Gasteiger partial charge in [0.05, 0.1) is 19.0 Å². The number of aromatic nitrogens is 4. The normalized spacial score (nSPS) is 26.2. The second kappa shape index (κ2) is 10.4. The third-order valence-corrected chi connectivity index (χ3v) is 9.89. The molecule has 2 saturated carbocycles. The second-order valence-electron chi connectivity index (χ2n) is 12.8. The lowest BCUT2D eigenvalue weighted by atomic mass is 9.51. The van der Waals surface area contributed by atoms with Crippen LogP contribution >= 0.6 is 0 Å². The van der Waals surface area contributed by atoms with Crippen LogP contribution in [0.1, 0.15) is 71.3 Å². The second-order valence-corrected chi connectivity index (χ2v) is 12.8. The maximum absolute atomic E-state index is 13.2. The van der Waals surface area contributed by atoms with Crippen molar-refractivity contribution in [1.29, 1.82) is 0 Å². The Morgan fingerprint density at radius 2 is 1.86 bits per heavy atom. The van der Waals surface area contributed by atoms with E-state index in [1.54, 1.807) is 16.6 Å². The van der Waals surface area contributed by atoms with Crippen LogP contribution in [0.15, 0.2) is 60.8 Å². The summed E-state index contributed by atoms with van der Waals surface area (Å²) in [6, 6.07) is 18.5. The van der Waals surface area contributed by atoms with Crippen molar-refractivity contribution in [2.45, 2.75) is 63.5 Å². The molecule has 7 rings (SSSR count). The predicted molar refractivity (Wildman–Crippen MR) is 163 cm³/mol. The number of pyridine rings is 2. The largest absolute Gasteiger partial charge is 0.464 e. The van der Waals surface area contributed by atoms with E-state index < -0.39 is 5.97 Å². The van der Waals surface area contributed by atoms with Crippen LogP contribution in [0.2, 0.25) is 0 Å². The topological polar surface area (TPSA) is 114 Å². The molecule has 4 aromatic rings. The van der Waals surface area contributed by atoms with Crippen LogP contribution in [-0.2, 0) is 10.2 Å². The summed E-state index contributed by atoms with van der Waals surface area (Å²) in [6.07, 6.45) is 6.98. The summed E-state index contributed by atoms with van der Waals surface area (Å²) in [7, 11) is 1.35. The fourth-order valence-corrected chi connectivity index (χ4v) is 7.25. The van der Waals surface area contributed by atoms with Crippen molar-refractivity contribution >= 4 is 29.0 Å². The summed E-state index contributed by atoms with van der Waals surface area (Å²) in [5, 5.41) is 11.2. The van der Waals surface area contributed by atoms with Gasteiger partial charge in [0.25, 0.3) is 5.91 Å². The molecule has 0 bridgehead atoms. The molecule has 3 aromatic heterocycles. The molecule has 1 unspecified atom stereocenters. The molecule has 10 nitrogen and oxygen atoms in total. The Kier molecular flexibility index (Phi) is 6.59. The van der Waals surface area contributed by atoms with Gasteiger partial charge in [0.1, 0.15) is 5.82 Å². The van der Waals surface area contributed by atoms with Crippen LogP contribution in [0.5, 0.6) is 0 Å². The van der Waals surface area contributed by atoms with Crippen LogP contribution in [0.25, 0.3) is 5.65 Å². The molecule has 4 heterocycles. The standard InChI is InChI=1S/C33H37N7O3/c1-21-16-24(39-15-14-32(2,20-39)22-8-5-4-6-9-22)19-40-29(21)37-28(38-40)30(41)34-23-17-33(18-23)13-12-26(33)36-27-11-7-10-25(35-27)31(42)43-3/h4-11,16,19,23,26H,12-15,17-18,20H2,1-3H3,(H,34,41)(H,35,36)/t23?,26?,32-,33?/m0/s1. The molecule has 10 heteroatoms. The number of benzene rings is 1. The van der Waals surface area contributed by atoms with Crippen LogP contribution in [-0.4, -0.2) is 63.7 Å². The van der Waals surface area contributed by atoms with Crippen LogP contribution < -0.4 is 15.5 Å². The van der Waals surface area contributed by atoms with Gasteiger partial charge in [-0.15, -0.1) is 5.10 Å². The van der Waals surface area contributed by atoms with Gasteiger partial charge in [0, 0.05) is 30.6 Å². The summed E-state index contributed by atoms with van der Waals surface area (Å²) in [5.41, 5.74) is 4.66. The van der Waals surface area contributed by atoms with Crippen LogP contribution in [0.4, 0.5) is 11.5 Å². The first-order valence-electron chi connectivity index (χ1n) is 15.1. The number of ether oxygens (including phenoxy) is 1. The van der Waals surface area contributed by atoms with Gasteiger partial charge >= 0.3 is 5.97 Å². The molecule has 222 valence electrons. The average Bonchev–Trinajstić information content (AvgIpc) is 3.62. The van der Waals surface area contributed by atoms with Crippen molar-refractivity contribution in [3.05, 3.63) is 83.4 Å². The molecule has 1 aliphatic heterocycles. The molecule has 1 aromatic carbocycles. The fraction of sp³-hybridized carbons (Fsp3) is 0.424. The molecule has 1 saturated heterocycles. The van der Waals surface area contributed by atoms with Gasteiger partial charge in [-0.2, -0.15) is 0 Å². The summed E-state index contributed by atoms with van der Waals surface area (Å²) < 4.78 is 6.54. The summed E-state index contributed by atoms with van der Waals surface area (Å²) in [5.74, 6) is 0.177. The zero-order valence-electron chi connectivity index (χ0n) is 24.8. The van der Waals surface area contributed by atoms with Crippen molar-refractivity contribution in [2.75, 3.05) is 30.4 Å². The number of aryl methyl sites for hydroxylation is 1. The van der Waals surface area contributed by atoms with Gasteiger partial charge in [-0.25, -0.2) is 19.3 Å². The summed E-state index contributed by atoms with van der Waals surface area (Å²) in [6.45, 7) is 6.24. The Morgan fingerprint density at radius 3 is 2.60 bits per heavy atom. The first-order chi connectivity index (χ1) is 20.7. The van der Waals surface area contributed by atoms with Crippen molar-refractivity contribution < 1.29 is 14.3 Å². The lowest BCUT2D eigenvalue weighted by molar-refractivity contribution is -0.0159. The number of carbonyl (C=O) groups is 2. The van der Waals surface area contributed by atoms with Gasteiger partial charge in [-0.3, -0.25) is 4.79 Å². The lowest BCUT2D eigenvalue weighted by Gasteiger charge is -2.59. The number of amides is 1. The van der Waals surface area contributed by atoms with E-state index in [1.807, 2.05) is 19.2 Å². The molecule has 2 N–H and O–H groups in total. The van der Waals surface area contributed by atoms with Gasteiger partial charge in [0.15, 0.2) is 11.3 Å². The quantitative estimate of drug-likeness (QED) is 0.307. The molecular formula is C33H37N7O3. The number of nitrogens with one attached hydrogen (secondary N) is 2. The van der Waals surface area contributed by atoms with E-state index in [4.69, 9.17) is 4.74 Å². The minimum Gasteiger partial charge on any atom is -0.464 e. The number of nitrogens with zero attached hydrogens (tertiary/aromatic N) is 5. The molecule has 2 atom stereocenters. The molecule has 1 spiro atoms. The number of rotatable bonds is 7. The molecule has 0 radical (unpaired) electrons. The monoisotopic (exact) mass is 579 g/mol. The van der Waals surface area contributed by atoms with E-state index in [0.29, 0.717) is 11.5 Å². The zero-order valence-corrected chi connectivity index (χ0v) is 24.8. The molecule has 3 fully saturated rings. The van der Waals surface area contributed by atoms with Crippen molar-refractivity contribution in [3.63, 3.8) is 0 Å². The Hall–Kier alpha value is -4.47. The molecule has 1 amide bonds. The molecule has 3 aliphatic rings. The number of hydrogen-bond donors (Lipinski definition) is 2. The van der Waals surface area contributed by atoms with Gasteiger partial charge in [-0.05, 0) is 73.8 Å². The number of fused-ring (bicyclic) bond motifs is 1. The highest BCUT2D eigenvalue weighted by Gasteiger charge is 2.55. The minimum atomic E-state index is -0.451. The van der Waals surface area contributed by atoms with Crippen molar-refractivity contribution in [2.24, 2.45) is 5.41 Å². The third-order valence-electron chi connectivity index (χ3n) is 9.89. The Morgan fingerprint density at radius 1 is 1.05 bits per heavy atom. The van der Waals surface area contributed by atoms with E-state index in [-0.39, 0.29) is 40.3 Å². The molecule has 43 heavy (non-hydrogen) atoms. The lowest BCUT2D eigenvalue weighted by Crippen LogP contribution is -2.62. The summed E-state index contributed by atoms with van der Waals surface area (Å²) >= 11 is 0. The minimum absolute atomic E-state index is 0.0787. The van der Waals surface area contributed by atoms with E-state index in [9.17, 15) is 9.59 Å². The van der Waals surface area contributed by atoms with Crippen LogP contribution in [0.3, 0.4) is 0 Å². The first kappa shape index (κ1) is 27.4. The van der Waals surface area contributed by atoms with E-state index >= 15 is 0 Å². The van der Waals surface area contributed by atoms with Crippen molar-refractivity contribution in [1.82, 2.24) is 24.9 Å². The number of esters is 1. The highest BCUT2D eigenvalue weighted by atomic mass is 16.5. The third kappa shape index (κ3) is 4.88. The smallest absolute Gasteiger partial charge is 0.356 e. The maximum Gasteiger partial charge on any atom is 0.356 e. The maximum atomic E-state index is 13.2. The fourth-order valence-electron chi connectivity index (χ4n) is 7.25. The first-order valence-corrected chi connectivity index (χ1v) is 15.1. The number of hydrogen-bond acceptors (Lipinski definition) is 8. The number of anilines is 2. The van der Waals surface area contributed by atoms with E-state index in [0.717, 1.165) is 56.4 Å². The number of methoxy groups -OCH3 is 1. The predicted octanol–water partition coefficient (Wildman–Crippen LogP) is 4.54. The van der Waals surface area contributed by atoms with E-state index in [2.05, 4.69) is 73.9 Å².